The lowest BCUT2D eigenvalue weighted by Crippen LogP contribution is -2.30. The van der Waals surface area contributed by atoms with Crippen molar-refractivity contribution in [1.29, 1.82) is 0 Å². The number of halogens is 4. The molecule has 0 unspecified atom stereocenters. The molecule has 2 amide bonds. The third-order valence-corrected chi connectivity index (χ3v) is 3.51. The smallest absolute Gasteiger partial charge is 0.403 e. The summed E-state index contributed by atoms with van der Waals surface area (Å²) in [7, 11) is 0. The monoisotopic (exact) mass is 339 g/mol. The van der Waals surface area contributed by atoms with Crippen molar-refractivity contribution < 1.29 is 31.9 Å². The van der Waals surface area contributed by atoms with Gasteiger partial charge in [-0.05, 0) is 30.7 Å². The molecule has 0 saturated carbocycles. The number of nitrogens with zero attached hydrogens (tertiary/aromatic N) is 1. The molecule has 124 valence electrons. The first kappa shape index (κ1) is 16.0. The molecular formula is C16H9F4NO3. The number of fused-ring (bicyclic) bond motifs is 1. The molecule has 2 aromatic carbocycles. The van der Waals surface area contributed by atoms with E-state index in [0.717, 1.165) is 11.0 Å². The Morgan fingerprint density at radius 3 is 2.04 bits per heavy atom. The SMILES string of the molecule is Cc1cc(OC(F)(F)F)c(F)cc1N1C(=O)c2ccccc2C1=O. The first-order valence-electron chi connectivity index (χ1n) is 6.73. The van der Waals surface area contributed by atoms with Crippen LogP contribution in [0.4, 0.5) is 23.2 Å². The number of carbonyl (C=O) groups excluding carboxylic acids is 2. The molecule has 0 saturated heterocycles. The van der Waals surface area contributed by atoms with Gasteiger partial charge >= 0.3 is 6.36 Å². The summed E-state index contributed by atoms with van der Waals surface area (Å²) >= 11 is 0. The van der Waals surface area contributed by atoms with Crippen LogP contribution < -0.4 is 9.64 Å². The summed E-state index contributed by atoms with van der Waals surface area (Å²) in [5, 5.41) is 0. The number of rotatable bonds is 2. The second-order valence-electron chi connectivity index (χ2n) is 5.11. The zero-order valence-electron chi connectivity index (χ0n) is 12.1. The van der Waals surface area contributed by atoms with Gasteiger partial charge in [-0.3, -0.25) is 9.59 Å². The Labute approximate surface area is 133 Å². The van der Waals surface area contributed by atoms with Gasteiger partial charge in [0.2, 0.25) is 0 Å². The molecule has 4 nitrogen and oxygen atoms in total. The van der Waals surface area contributed by atoms with E-state index in [1.165, 1.54) is 19.1 Å². The third-order valence-electron chi connectivity index (χ3n) is 3.51. The molecule has 1 aliphatic heterocycles. The van der Waals surface area contributed by atoms with E-state index in [0.29, 0.717) is 6.07 Å². The molecular weight excluding hydrogens is 330 g/mol. The van der Waals surface area contributed by atoms with E-state index in [2.05, 4.69) is 4.74 Å². The standard InChI is InChI=1S/C16H9F4NO3/c1-8-6-13(24-16(18,19)20)11(17)7-12(8)21-14(22)9-4-2-3-5-10(9)15(21)23/h2-7H,1H3. The number of hydrogen-bond donors (Lipinski definition) is 0. The van der Waals surface area contributed by atoms with Crippen molar-refractivity contribution in [3.8, 4) is 5.75 Å². The number of amides is 2. The number of hydrogen-bond acceptors (Lipinski definition) is 3. The average Bonchev–Trinajstić information content (AvgIpc) is 2.74. The predicted octanol–water partition coefficient (Wildman–Crippen LogP) is 3.83. The minimum atomic E-state index is -5.05. The van der Waals surface area contributed by atoms with E-state index < -0.39 is 29.7 Å². The fraction of sp³-hybridized carbons (Fsp3) is 0.125. The zero-order chi connectivity index (χ0) is 17.6. The normalized spacial score (nSPS) is 14.1. The van der Waals surface area contributed by atoms with Gasteiger partial charge in [0, 0.05) is 6.07 Å². The first-order chi connectivity index (χ1) is 11.2. The largest absolute Gasteiger partial charge is 0.573 e. The van der Waals surface area contributed by atoms with Crippen LogP contribution in [0, 0.1) is 12.7 Å². The minimum absolute atomic E-state index is 0.0881. The van der Waals surface area contributed by atoms with Crippen molar-refractivity contribution in [3.05, 3.63) is 58.9 Å². The van der Waals surface area contributed by atoms with Crippen LogP contribution in [0.2, 0.25) is 0 Å². The molecule has 3 rings (SSSR count). The lowest BCUT2D eigenvalue weighted by molar-refractivity contribution is -0.275. The van der Waals surface area contributed by atoms with Gasteiger partial charge < -0.3 is 4.74 Å². The fourth-order valence-corrected chi connectivity index (χ4v) is 2.50. The van der Waals surface area contributed by atoms with Gasteiger partial charge in [0.1, 0.15) is 0 Å². The van der Waals surface area contributed by atoms with E-state index in [4.69, 9.17) is 0 Å². The number of anilines is 1. The summed E-state index contributed by atoms with van der Waals surface area (Å²) in [5.74, 6) is -3.69. The van der Waals surface area contributed by atoms with Gasteiger partial charge in [-0.15, -0.1) is 13.2 Å². The van der Waals surface area contributed by atoms with Crippen LogP contribution in [-0.4, -0.2) is 18.2 Å². The third kappa shape index (κ3) is 2.60. The molecule has 0 bridgehead atoms. The van der Waals surface area contributed by atoms with Crippen LogP contribution in [-0.2, 0) is 0 Å². The second-order valence-corrected chi connectivity index (χ2v) is 5.11. The summed E-state index contributed by atoms with van der Waals surface area (Å²) < 4.78 is 54.3. The van der Waals surface area contributed by atoms with Gasteiger partial charge in [0.15, 0.2) is 11.6 Å². The summed E-state index contributed by atoms with van der Waals surface area (Å²) in [6, 6.07) is 7.51. The Hall–Kier alpha value is -2.90. The van der Waals surface area contributed by atoms with Crippen LogP contribution in [0.5, 0.6) is 5.75 Å². The summed E-state index contributed by atoms with van der Waals surface area (Å²) in [4.78, 5) is 25.4. The molecule has 0 spiro atoms. The quantitative estimate of drug-likeness (QED) is 0.617. The Balaban J connectivity index is 2.04. The molecule has 0 N–H and O–H groups in total. The van der Waals surface area contributed by atoms with Crippen LogP contribution in [0.3, 0.4) is 0 Å². The molecule has 8 heteroatoms. The van der Waals surface area contributed by atoms with Gasteiger partial charge in [0.25, 0.3) is 11.8 Å². The highest BCUT2D eigenvalue weighted by Gasteiger charge is 2.38. The van der Waals surface area contributed by atoms with Crippen molar-refractivity contribution in [2.24, 2.45) is 0 Å². The topological polar surface area (TPSA) is 46.6 Å². The van der Waals surface area contributed by atoms with Gasteiger partial charge in [-0.25, -0.2) is 9.29 Å². The molecule has 0 radical (unpaired) electrons. The van der Waals surface area contributed by atoms with Crippen LogP contribution in [0.25, 0.3) is 0 Å². The molecule has 2 aromatic rings. The van der Waals surface area contributed by atoms with E-state index in [1.54, 1.807) is 12.1 Å². The van der Waals surface area contributed by atoms with Gasteiger partial charge in [-0.1, -0.05) is 12.1 Å². The highest BCUT2D eigenvalue weighted by Crippen LogP contribution is 2.35. The van der Waals surface area contributed by atoms with Crippen LogP contribution >= 0.6 is 0 Å². The lowest BCUT2D eigenvalue weighted by Gasteiger charge is -2.18. The number of ether oxygens (including phenoxy) is 1. The number of aryl methyl sites for hydroxylation is 1. The Bertz CT molecular complexity index is 826. The van der Waals surface area contributed by atoms with Crippen molar-refractivity contribution in [1.82, 2.24) is 0 Å². The highest BCUT2D eigenvalue weighted by molar-refractivity contribution is 6.34. The number of imide groups is 1. The minimum Gasteiger partial charge on any atom is -0.403 e. The van der Waals surface area contributed by atoms with E-state index >= 15 is 0 Å². The Morgan fingerprint density at radius 1 is 1.00 bits per heavy atom. The second kappa shape index (κ2) is 5.33. The van der Waals surface area contributed by atoms with Crippen molar-refractivity contribution in [2.45, 2.75) is 13.3 Å². The summed E-state index contributed by atoms with van der Waals surface area (Å²) in [6.45, 7) is 1.35. The lowest BCUT2D eigenvalue weighted by atomic mass is 10.1. The van der Waals surface area contributed by atoms with Crippen molar-refractivity contribution in [2.75, 3.05) is 4.90 Å². The van der Waals surface area contributed by atoms with Crippen molar-refractivity contribution >= 4 is 17.5 Å². The Kier molecular flexibility index (Phi) is 3.55. The molecule has 0 aliphatic carbocycles. The highest BCUT2D eigenvalue weighted by atomic mass is 19.4. The maximum atomic E-state index is 13.9. The average molecular weight is 339 g/mol. The number of alkyl halides is 3. The van der Waals surface area contributed by atoms with E-state index in [9.17, 15) is 27.2 Å². The Morgan fingerprint density at radius 2 is 1.54 bits per heavy atom. The predicted molar refractivity (Wildman–Crippen MR) is 75.4 cm³/mol. The molecule has 1 heterocycles. The van der Waals surface area contributed by atoms with E-state index in [-0.39, 0.29) is 22.4 Å². The first-order valence-corrected chi connectivity index (χ1v) is 6.73. The number of carbonyl (C=O) groups is 2. The van der Waals surface area contributed by atoms with Gasteiger partial charge in [-0.2, -0.15) is 0 Å². The maximum absolute atomic E-state index is 13.9. The molecule has 0 atom stereocenters. The summed E-state index contributed by atoms with van der Waals surface area (Å²) in [6.07, 6.45) is -5.05. The van der Waals surface area contributed by atoms with E-state index in [1.807, 2.05) is 0 Å². The van der Waals surface area contributed by atoms with Crippen LogP contribution in [0.15, 0.2) is 36.4 Å². The summed E-state index contributed by atoms with van der Waals surface area (Å²) in [5.41, 5.74) is 0.259. The molecule has 24 heavy (non-hydrogen) atoms. The molecule has 1 aliphatic rings. The maximum Gasteiger partial charge on any atom is 0.573 e. The number of benzene rings is 2. The van der Waals surface area contributed by atoms with Gasteiger partial charge in [0.05, 0.1) is 16.8 Å². The zero-order valence-corrected chi connectivity index (χ0v) is 12.1. The van der Waals surface area contributed by atoms with Crippen molar-refractivity contribution in [3.63, 3.8) is 0 Å². The molecule has 0 aromatic heterocycles. The fourth-order valence-electron chi connectivity index (χ4n) is 2.50. The molecule has 0 fully saturated rings. The van der Waals surface area contributed by atoms with Crippen LogP contribution in [0.1, 0.15) is 26.3 Å².